The summed E-state index contributed by atoms with van der Waals surface area (Å²) in [6.45, 7) is 6.72. The number of hydrogen-bond donors (Lipinski definition) is 1. The van der Waals surface area contributed by atoms with Crippen molar-refractivity contribution < 1.29 is 28.3 Å². The molecule has 0 radical (unpaired) electrons. The maximum Gasteiger partial charge on any atom is 0.528 e. The first-order valence-electron chi connectivity index (χ1n) is 13.0. The Morgan fingerprint density at radius 2 is 1.74 bits per heavy atom. The van der Waals surface area contributed by atoms with Gasteiger partial charge in [-0.3, -0.25) is 9.78 Å². The molecule has 3 aromatic rings. The molecule has 206 valence electrons. The van der Waals surface area contributed by atoms with Gasteiger partial charge in [-0.05, 0) is 68.1 Å². The van der Waals surface area contributed by atoms with Gasteiger partial charge >= 0.3 is 6.16 Å². The molecule has 1 N–H and O–H groups in total. The highest BCUT2D eigenvalue weighted by Gasteiger charge is 2.34. The fourth-order valence-electron chi connectivity index (χ4n) is 4.44. The molecule has 1 fully saturated rings. The van der Waals surface area contributed by atoms with Crippen LogP contribution in [-0.4, -0.2) is 46.9 Å². The summed E-state index contributed by atoms with van der Waals surface area (Å²) in [5, 5.41) is 4.46. The molecule has 0 saturated carbocycles. The summed E-state index contributed by atoms with van der Waals surface area (Å²) in [6, 6.07) is 19.3. The van der Waals surface area contributed by atoms with Gasteiger partial charge in [-0.1, -0.05) is 42.5 Å². The van der Waals surface area contributed by atoms with Gasteiger partial charge in [0.15, 0.2) is 0 Å². The van der Waals surface area contributed by atoms with E-state index in [-0.39, 0.29) is 30.4 Å². The minimum atomic E-state index is -0.768. The fourth-order valence-corrected chi connectivity index (χ4v) is 4.44. The lowest BCUT2D eigenvalue weighted by atomic mass is 9.87. The third-order valence-electron chi connectivity index (χ3n) is 6.32. The van der Waals surface area contributed by atoms with E-state index < -0.39 is 11.8 Å². The highest BCUT2D eigenvalue weighted by atomic mass is 19.1. The quantitative estimate of drug-likeness (QED) is 0.387. The number of carbonyl (C=O) groups excluding carboxylic acids is 2. The number of hydroxylamine groups is 2. The van der Waals surface area contributed by atoms with Crippen molar-refractivity contribution in [2.45, 2.75) is 58.0 Å². The van der Waals surface area contributed by atoms with E-state index in [1.54, 1.807) is 62.4 Å². The first-order chi connectivity index (χ1) is 18.7. The van der Waals surface area contributed by atoms with Crippen LogP contribution in [0.15, 0.2) is 72.9 Å². The molecule has 1 aromatic heterocycles. The van der Waals surface area contributed by atoms with E-state index in [0.29, 0.717) is 31.7 Å². The number of hydrogen-bond acceptors (Lipinski definition) is 7. The monoisotopic (exact) mass is 535 g/mol. The first-order valence-corrected chi connectivity index (χ1v) is 13.0. The highest BCUT2D eigenvalue weighted by Crippen LogP contribution is 2.32. The van der Waals surface area contributed by atoms with Crippen molar-refractivity contribution in [1.29, 1.82) is 0 Å². The van der Waals surface area contributed by atoms with Crippen molar-refractivity contribution in [3.63, 3.8) is 0 Å². The number of amides is 1. The third kappa shape index (κ3) is 8.33. The minimum absolute atomic E-state index is 0.0277. The maximum atomic E-state index is 13.6. The van der Waals surface area contributed by atoms with E-state index in [9.17, 15) is 14.0 Å². The summed E-state index contributed by atoms with van der Waals surface area (Å²) in [4.78, 5) is 34.3. The minimum Gasteiger partial charge on any atom is -0.427 e. The van der Waals surface area contributed by atoms with Crippen LogP contribution in [0.5, 0.6) is 0 Å². The average molecular weight is 536 g/mol. The van der Waals surface area contributed by atoms with Gasteiger partial charge < -0.3 is 19.6 Å². The molecule has 9 heteroatoms. The summed E-state index contributed by atoms with van der Waals surface area (Å²) in [5.41, 5.74) is 2.46. The molecular weight excluding hydrogens is 501 g/mol. The van der Waals surface area contributed by atoms with Gasteiger partial charge in [0.2, 0.25) is 0 Å². The molecule has 1 amide bonds. The van der Waals surface area contributed by atoms with Crippen LogP contribution in [-0.2, 0) is 27.5 Å². The maximum absolute atomic E-state index is 13.6. The predicted molar refractivity (Wildman–Crippen MR) is 143 cm³/mol. The molecule has 0 bridgehead atoms. The van der Waals surface area contributed by atoms with E-state index >= 15 is 0 Å². The van der Waals surface area contributed by atoms with Crippen LogP contribution in [0.3, 0.4) is 0 Å². The van der Waals surface area contributed by atoms with E-state index in [1.165, 1.54) is 12.1 Å². The Kier molecular flexibility index (Phi) is 9.27. The van der Waals surface area contributed by atoms with E-state index in [0.717, 1.165) is 16.7 Å². The van der Waals surface area contributed by atoms with Gasteiger partial charge in [0.1, 0.15) is 17.1 Å². The SMILES string of the molecule is CC(C)(C)OC(=O)ON1CCC(c2ccc(F)cc2)C(OCc2ccccc2CNC(=O)c2ccccn2)C1. The average Bonchev–Trinajstić information content (AvgIpc) is 2.91. The van der Waals surface area contributed by atoms with Crippen molar-refractivity contribution in [3.05, 3.63) is 101 Å². The molecule has 8 nitrogen and oxygen atoms in total. The summed E-state index contributed by atoms with van der Waals surface area (Å²) in [7, 11) is 0. The van der Waals surface area contributed by atoms with Crippen LogP contribution in [0.25, 0.3) is 0 Å². The van der Waals surface area contributed by atoms with Crippen molar-refractivity contribution in [2.75, 3.05) is 13.1 Å². The molecule has 2 atom stereocenters. The number of piperidine rings is 1. The molecule has 1 aliphatic rings. The molecule has 1 aliphatic heterocycles. The number of halogens is 1. The molecular formula is C30H34FN3O5. The van der Waals surface area contributed by atoms with Crippen molar-refractivity contribution in [1.82, 2.24) is 15.4 Å². The zero-order valence-electron chi connectivity index (χ0n) is 22.4. The fraction of sp³-hybridized carbons (Fsp3) is 0.367. The van der Waals surface area contributed by atoms with Crippen LogP contribution in [0.2, 0.25) is 0 Å². The van der Waals surface area contributed by atoms with Crippen LogP contribution < -0.4 is 5.32 Å². The van der Waals surface area contributed by atoms with Gasteiger partial charge in [-0.25, -0.2) is 9.18 Å². The summed E-state index contributed by atoms with van der Waals surface area (Å²) in [5.74, 6) is -0.589. The zero-order valence-corrected chi connectivity index (χ0v) is 22.4. The predicted octanol–water partition coefficient (Wildman–Crippen LogP) is 5.39. The van der Waals surface area contributed by atoms with Gasteiger partial charge in [-0.15, -0.1) is 5.06 Å². The number of rotatable bonds is 8. The lowest BCUT2D eigenvalue weighted by Gasteiger charge is -2.37. The number of nitrogens with one attached hydrogen (secondary N) is 1. The highest BCUT2D eigenvalue weighted by molar-refractivity contribution is 5.92. The van der Waals surface area contributed by atoms with Crippen LogP contribution >= 0.6 is 0 Å². The molecule has 2 aromatic carbocycles. The Balaban J connectivity index is 1.44. The van der Waals surface area contributed by atoms with Crippen molar-refractivity contribution in [3.8, 4) is 0 Å². The summed E-state index contributed by atoms with van der Waals surface area (Å²) in [6.07, 6.45) is 1.10. The van der Waals surface area contributed by atoms with Crippen molar-refractivity contribution >= 4 is 12.1 Å². The molecule has 0 aliphatic carbocycles. The van der Waals surface area contributed by atoms with E-state index in [2.05, 4.69) is 10.3 Å². The second-order valence-corrected chi connectivity index (χ2v) is 10.4. The second kappa shape index (κ2) is 12.8. The molecule has 1 saturated heterocycles. The van der Waals surface area contributed by atoms with Gasteiger partial charge in [0, 0.05) is 25.2 Å². The third-order valence-corrected chi connectivity index (χ3v) is 6.32. The van der Waals surface area contributed by atoms with Crippen molar-refractivity contribution in [2.24, 2.45) is 0 Å². The Bertz CT molecular complexity index is 1250. The lowest BCUT2D eigenvalue weighted by Crippen LogP contribution is -2.45. The number of carbonyl (C=O) groups is 2. The number of nitrogens with zero attached hydrogens (tertiary/aromatic N) is 2. The number of ether oxygens (including phenoxy) is 2. The van der Waals surface area contributed by atoms with Gasteiger partial charge in [0.25, 0.3) is 5.91 Å². The summed E-state index contributed by atoms with van der Waals surface area (Å²) >= 11 is 0. The van der Waals surface area contributed by atoms with E-state index in [1.807, 2.05) is 24.3 Å². The number of pyridine rings is 1. The number of aromatic nitrogens is 1. The topological polar surface area (TPSA) is 90.0 Å². The number of benzene rings is 2. The molecule has 0 spiro atoms. The first kappa shape index (κ1) is 28.2. The van der Waals surface area contributed by atoms with Crippen LogP contribution in [0.1, 0.15) is 60.3 Å². The standard InChI is InChI=1S/C30H34FN3O5/c1-30(2,3)38-29(36)39-34-17-15-25(21-11-13-24(31)14-12-21)27(19-34)37-20-23-9-5-4-8-22(23)18-33-28(35)26-10-6-7-16-32-26/h4-14,16,25,27H,15,17-20H2,1-3H3,(H,33,35). The summed E-state index contributed by atoms with van der Waals surface area (Å²) < 4.78 is 25.3. The van der Waals surface area contributed by atoms with Gasteiger partial charge in [0.05, 0.1) is 19.3 Å². The second-order valence-electron chi connectivity index (χ2n) is 10.4. The Morgan fingerprint density at radius 3 is 2.44 bits per heavy atom. The molecule has 2 unspecified atom stereocenters. The Morgan fingerprint density at radius 1 is 1.03 bits per heavy atom. The smallest absolute Gasteiger partial charge is 0.427 e. The Labute approximate surface area is 228 Å². The van der Waals surface area contributed by atoms with Crippen LogP contribution in [0.4, 0.5) is 9.18 Å². The van der Waals surface area contributed by atoms with Crippen LogP contribution in [0, 0.1) is 5.82 Å². The molecule has 4 rings (SSSR count). The van der Waals surface area contributed by atoms with E-state index in [4.69, 9.17) is 14.3 Å². The van der Waals surface area contributed by atoms with Gasteiger partial charge in [-0.2, -0.15) is 0 Å². The normalized spacial score (nSPS) is 17.8. The molecule has 39 heavy (non-hydrogen) atoms. The Hall–Kier alpha value is -3.82. The molecule has 2 heterocycles. The lowest BCUT2D eigenvalue weighted by molar-refractivity contribution is -0.179. The largest absolute Gasteiger partial charge is 0.528 e. The zero-order chi connectivity index (χ0) is 27.8.